The minimum atomic E-state index is -0.828. The van der Waals surface area contributed by atoms with Crippen LogP contribution in [0.25, 0.3) is 0 Å². The highest BCUT2D eigenvalue weighted by molar-refractivity contribution is 6.07. The summed E-state index contributed by atoms with van der Waals surface area (Å²) in [5.41, 5.74) is 1.15. The molecule has 182 valence electrons. The summed E-state index contributed by atoms with van der Waals surface area (Å²) in [6.45, 7) is 3.18. The summed E-state index contributed by atoms with van der Waals surface area (Å²) >= 11 is 0. The highest BCUT2D eigenvalue weighted by Gasteiger charge is 2.57. The van der Waals surface area contributed by atoms with Gasteiger partial charge in [0.2, 0.25) is 0 Å². The molecule has 3 amide bonds. The van der Waals surface area contributed by atoms with Crippen molar-refractivity contribution >= 4 is 11.9 Å². The number of urea groups is 1. The van der Waals surface area contributed by atoms with E-state index in [1.54, 1.807) is 26.2 Å². The number of hydrogen-bond donors (Lipinski definition) is 0. The lowest BCUT2D eigenvalue weighted by molar-refractivity contribution is -0.136. The van der Waals surface area contributed by atoms with Crippen molar-refractivity contribution < 1.29 is 23.8 Å². The number of para-hydroxylation sites is 1. The van der Waals surface area contributed by atoms with E-state index in [0.29, 0.717) is 44.8 Å². The molecular formula is C26H33N3O5. The molecule has 2 aliphatic rings. The van der Waals surface area contributed by atoms with E-state index in [4.69, 9.17) is 14.2 Å². The second kappa shape index (κ2) is 10.4. The Kier molecular flexibility index (Phi) is 7.38. The number of benzene rings is 2. The largest absolute Gasteiger partial charge is 0.497 e. The highest BCUT2D eigenvalue weighted by atomic mass is 16.5. The van der Waals surface area contributed by atoms with Crippen molar-refractivity contribution in [3.8, 4) is 11.5 Å². The molecule has 0 bridgehead atoms. The van der Waals surface area contributed by atoms with E-state index < -0.39 is 5.54 Å². The first-order valence-electron chi connectivity index (χ1n) is 11.6. The normalized spacial score (nSPS) is 18.1. The van der Waals surface area contributed by atoms with Gasteiger partial charge in [0.1, 0.15) is 17.0 Å². The van der Waals surface area contributed by atoms with Crippen LogP contribution in [0.5, 0.6) is 11.5 Å². The third-order valence-corrected chi connectivity index (χ3v) is 6.89. The van der Waals surface area contributed by atoms with Gasteiger partial charge in [-0.2, -0.15) is 0 Å². The van der Waals surface area contributed by atoms with Crippen molar-refractivity contribution in [2.45, 2.75) is 31.5 Å². The first-order chi connectivity index (χ1) is 16.5. The SMILES string of the molecule is COCCN1C(=O)N(Cc2cccc(OC)c2)C(=O)C12CCN(Cc1ccccc1OC)CC2. The number of carbonyl (C=O) groups excluding carboxylic acids is 2. The fourth-order valence-corrected chi connectivity index (χ4v) is 5.01. The van der Waals surface area contributed by atoms with Crippen molar-refractivity contribution in [3.05, 3.63) is 59.7 Å². The monoisotopic (exact) mass is 467 g/mol. The molecule has 0 N–H and O–H groups in total. The third kappa shape index (κ3) is 4.60. The van der Waals surface area contributed by atoms with Gasteiger partial charge in [-0.15, -0.1) is 0 Å². The van der Waals surface area contributed by atoms with Crippen LogP contribution < -0.4 is 9.47 Å². The predicted octanol–water partition coefficient (Wildman–Crippen LogP) is 3.15. The number of hydrogen-bond acceptors (Lipinski definition) is 6. The molecule has 0 radical (unpaired) electrons. The Morgan fingerprint density at radius 1 is 0.912 bits per heavy atom. The minimum absolute atomic E-state index is 0.117. The Bertz CT molecular complexity index is 1020. The molecule has 34 heavy (non-hydrogen) atoms. The van der Waals surface area contributed by atoms with E-state index in [9.17, 15) is 9.59 Å². The van der Waals surface area contributed by atoms with Gasteiger partial charge < -0.3 is 19.1 Å². The molecule has 2 saturated heterocycles. The lowest BCUT2D eigenvalue weighted by Crippen LogP contribution is -2.57. The zero-order chi connectivity index (χ0) is 24.1. The van der Waals surface area contributed by atoms with E-state index in [2.05, 4.69) is 11.0 Å². The van der Waals surface area contributed by atoms with Crippen LogP contribution in [0.1, 0.15) is 24.0 Å². The summed E-state index contributed by atoms with van der Waals surface area (Å²) in [5, 5.41) is 0. The van der Waals surface area contributed by atoms with Gasteiger partial charge in [-0.1, -0.05) is 30.3 Å². The molecule has 0 aromatic heterocycles. The molecule has 2 fully saturated rings. The molecule has 2 aromatic carbocycles. The molecule has 2 aliphatic heterocycles. The smallest absolute Gasteiger partial charge is 0.328 e. The summed E-state index contributed by atoms with van der Waals surface area (Å²) in [5.74, 6) is 1.45. The number of likely N-dealkylation sites (tertiary alicyclic amines) is 1. The predicted molar refractivity (Wildman–Crippen MR) is 128 cm³/mol. The number of piperidine rings is 1. The van der Waals surface area contributed by atoms with Crippen LogP contribution in [0.15, 0.2) is 48.5 Å². The van der Waals surface area contributed by atoms with E-state index in [1.165, 1.54) is 4.90 Å². The zero-order valence-electron chi connectivity index (χ0n) is 20.2. The standard InChI is InChI=1S/C26H33N3O5/c1-32-16-15-29-25(31)28(18-20-7-6-9-22(17-20)33-2)24(30)26(29)11-13-27(14-12-26)19-21-8-4-5-10-23(21)34-3/h4-10,17H,11-16,18-19H2,1-3H3. The molecule has 0 unspecified atom stereocenters. The van der Waals surface area contributed by atoms with Crippen molar-refractivity contribution in [2.24, 2.45) is 0 Å². The molecule has 4 rings (SSSR count). The van der Waals surface area contributed by atoms with Gasteiger partial charge in [0.05, 0.1) is 27.4 Å². The van der Waals surface area contributed by atoms with Gasteiger partial charge in [0.15, 0.2) is 0 Å². The molecule has 0 aliphatic carbocycles. The molecule has 0 saturated carbocycles. The van der Waals surface area contributed by atoms with E-state index in [0.717, 1.165) is 23.4 Å². The quantitative estimate of drug-likeness (QED) is 0.528. The van der Waals surface area contributed by atoms with Gasteiger partial charge >= 0.3 is 6.03 Å². The molecule has 8 heteroatoms. The van der Waals surface area contributed by atoms with Gasteiger partial charge in [-0.25, -0.2) is 4.79 Å². The maximum Gasteiger partial charge on any atom is 0.328 e. The number of amides is 3. The number of nitrogens with zero attached hydrogens (tertiary/aromatic N) is 3. The fraction of sp³-hybridized carbons (Fsp3) is 0.462. The van der Waals surface area contributed by atoms with Crippen LogP contribution in [0.3, 0.4) is 0 Å². The lowest BCUT2D eigenvalue weighted by Gasteiger charge is -2.42. The molecule has 1 spiro atoms. The van der Waals surface area contributed by atoms with Crippen LogP contribution in [0.2, 0.25) is 0 Å². The van der Waals surface area contributed by atoms with Crippen LogP contribution in [0, 0.1) is 0 Å². The van der Waals surface area contributed by atoms with Crippen molar-refractivity contribution in [1.82, 2.24) is 14.7 Å². The van der Waals surface area contributed by atoms with Crippen molar-refractivity contribution in [2.75, 3.05) is 47.6 Å². The van der Waals surface area contributed by atoms with Crippen LogP contribution in [-0.4, -0.2) is 79.7 Å². The Balaban J connectivity index is 1.52. The number of methoxy groups -OCH3 is 3. The fourth-order valence-electron chi connectivity index (χ4n) is 5.01. The first-order valence-corrected chi connectivity index (χ1v) is 11.6. The summed E-state index contributed by atoms with van der Waals surface area (Å²) in [4.78, 5) is 32.6. The maximum atomic E-state index is 13.7. The van der Waals surface area contributed by atoms with Crippen LogP contribution >= 0.6 is 0 Å². The maximum absolute atomic E-state index is 13.7. The number of ether oxygens (including phenoxy) is 3. The van der Waals surface area contributed by atoms with E-state index in [1.807, 2.05) is 42.5 Å². The average molecular weight is 468 g/mol. The Labute approximate surface area is 201 Å². The zero-order valence-corrected chi connectivity index (χ0v) is 20.2. The van der Waals surface area contributed by atoms with Crippen molar-refractivity contribution in [3.63, 3.8) is 0 Å². The number of imide groups is 1. The molecule has 2 aromatic rings. The van der Waals surface area contributed by atoms with Gasteiger partial charge in [-0.3, -0.25) is 14.6 Å². The number of rotatable bonds is 9. The third-order valence-electron chi connectivity index (χ3n) is 6.89. The Morgan fingerprint density at radius 3 is 2.38 bits per heavy atom. The lowest BCUT2D eigenvalue weighted by atomic mass is 9.85. The minimum Gasteiger partial charge on any atom is -0.497 e. The molecule has 8 nitrogen and oxygen atoms in total. The second-order valence-corrected chi connectivity index (χ2v) is 8.79. The van der Waals surface area contributed by atoms with Crippen LogP contribution in [0.4, 0.5) is 4.79 Å². The number of carbonyl (C=O) groups is 2. The van der Waals surface area contributed by atoms with Gasteiger partial charge in [-0.05, 0) is 36.6 Å². The van der Waals surface area contributed by atoms with E-state index in [-0.39, 0.29) is 18.5 Å². The first kappa shape index (κ1) is 24.0. The Morgan fingerprint density at radius 2 is 1.68 bits per heavy atom. The summed E-state index contributed by atoms with van der Waals surface area (Å²) in [6, 6.07) is 15.2. The summed E-state index contributed by atoms with van der Waals surface area (Å²) < 4.78 is 16.1. The van der Waals surface area contributed by atoms with E-state index >= 15 is 0 Å². The highest BCUT2D eigenvalue weighted by Crippen LogP contribution is 2.38. The topological polar surface area (TPSA) is 71.6 Å². The summed E-state index contributed by atoms with van der Waals surface area (Å²) in [7, 11) is 4.89. The van der Waals surface area contributed by atoms with Gasteiger partial charge in [0, 0.05) is 38.9 Å². The second-order valence-electron chi connectivity index (χ2n) is 8.79. The van der Waals surface area contributed by atoms with Gasteiger partial charge in [0.25, 0.3) is 5.91 Å². The van der Waals surface area contributed by atoms with Crippen molar-refractivity contribution in [1.29, 1.82) is 0 Å². The summed E-state index contributed by atoms with van der Waals surface area (Å²) in [6.07, 6.45) is 1.18. The molecule has 2 heterocycles. The molecule has 0 atom stereocenters. The molecular weight excluding hydrogens is 434 g/mol. The van der Waals surface area contributed by atoms with Crippen LogP contribution in [-0.2, 0) is 22.6 Å². The Hall–Kier alpha value is -3.10. The average Bonchev–Trinajstić information content (AvgIpc) is 3.05.